The van der Waals surface area contributed by atoms with Crippen molar-refractivity contribution < 1.29 is 19.1 Å². The molecule has 3 aromatic rings. The van der Waals surface area contributed by atoms with Gasteiger partial charge in [-0.25, -0.2) is 4.79 Å². The molecule has 166 valence electrons. The third-order valence-corrected chi connectivity index (χ3v) is 7.20. The van der Waals surface area contributed by atoms with E-state index in [4.69, 9.17) is 9.47 Å². The van der Waals surface area contributed by atoms with Crippen molar-refractivity contribution in [3.63, 3.8) is 0 Å². The molecule has 0 spiro atoms. The van der Waals surface area contributed by atoms with Gasteiger partial charge < -0.3 is 9.47 Å². The van der Waals surface area contributed by atoms with Crippen LogP contribution in [0.15, 0.2) is 78.9 Å². The first-order chi connectivity index (χ1) is 16.2. The molecule has 0 aromatic heterocycles. The molecule has 3 aromatic carbocycles. The van der Waals surface area contributed by atoms with E-state index in [0.717, 1.165) is 6.42 Å². The lowest BCUT2D eigenvalue weighted by Gasteiger charge is -2.22. The first-order valence-corrected chi connectivity index (χ1v) is 11.5. The summed E-state index contributed by atoms with van der Waals surface area (Å²) in [5, 5.41) is 0. The normalized spacial score (nSPS) is 23.3. The predicted molar refractivity (Wildman–Crippen MR) is 124 cm³/mol. The molecule has 2 saturated heterocycles. The Kier molecular flexibility index (Phi) is 4.99. The van der Waals surface area contributed by atoms with Crippen LogP contribution < -0.4 is 0 Å². The van der Waals surface area contributed by atoms with Gasteiger partial charge in [0.25, 0.3) is 0 Å². The summed E-state index contributed by atoms with van der Waals surface area (Å²) in [5.74, 6) is 0.0313. The Morgan fingerprint density at radius 2 is 1.55 bits per heavy atom. The number of hydrogen-bond donors (Lipinski definition) is 0. The molecule has 3 atom stereocenters. The molecule has 3 aliphatic rings. The van der Waals surface area contributed by atoms with Crippen LogP contribution in [0.4, 0.5) is 4.79 Å². The molecule has 33 heavy (non-hydrogen) atoms. The number of carbonyl (C=O) groups excluding carboxylic acids is 2. The van der Waals surface area contributed by atoms with Gasteiger partial charge in [0.05, 0.1) is 6.10 Å². The van der Waals surface area contributed by atoms with Crippen LogP contribution in [-0.4, -0.2) is 48.7 Å². The summed E-state index contributed by atoms with van der Waals surface area (Å²) < 4.78 is 11.7. The SMILES string of the molecule is O=C1COC2C(Cc3ccccc3)CN(C(=O)OCC3c4ccccc4-c4ccccc43)C12. The molecule has 2 heterocycles. The Morgan fingerprint density at radius 1 is 0.909 bits per heavy atom. The number of Topliss-reactive ketones (excluding diaryl/α,β-unsaturated/α-hetero) is 1. The number of rotatable bonds is 4. The molecule has 6 rings (SSSR count). The fraction of sp³-hybridized carbons (Fsp3) is 0.286. The number of ether oxygens (including phenoxy) is 2. The first kappa shape index (κ1) is 20.2. The second-order valence-corrected chi connectivity index (χ2v) is 9.09. The van der Waals surface area contributed by atoms with Crippen LogP contribution in [0.5, 0.6) is 0 Å². The highest BCUT2D eigenvalue weighted by molar-refractivity contribution is 5.91. The van der Waals surface area contributed by atoms with Gasteiger partial charge in [-0.3, -0.25) is 9.69 Å². The Labute approximate surface area is 192 Å². The molecule has 0 radical (unpaired) electrons. The Bertz CT molecular complexity index is 1160. The summed E-state index contributed by atoms with van der Waals surface area (Å²) in [7, 11) is 0. The maximum absolute atomic E-state index is 13.2. The van der Waals surface area contributed by atoms with Crippen molar-refractivity contribution in [1.29, 1.82) is 0 Å². The smallest absolute Gasteiger partial charge is 0.410 e. The average Bonchev–Trinajstić information content (AvgIpc) is 3.51. The Hall–Kier alpha value is -3.44. The monoisotopic (exact) mass is 439 g/mol. The van der Waals surface area contributed by atoms with Crippen LogP contribution in [0.25, 0.3) is 11.1 Å². The van der Waals surface area contributed by atoms with E-state index in [1.54, 1.807) is 4.90 Å². The molecule has 0 saturated carbocycles. The molecule has 1 amide bonds. The fourth-order valence-electron chi connectivity index (χ4n) is 5.72. The average molecular weight is 440 g/mol. The molecular formula is C28H25NO4. The Morgan fingerprint density at radius 3 is 2.24 bits per heavy atom. The van der Waals surface area contributed by atoms with Gasteiger partial charge >= 0.3 is 6.09 Å². The minimum Gasteiger partial charge on any atom is -0.448 e. The van der Waals surface area contributed by atoms with Crippen LogP contribution in [0.2, 0.25) is 0 Å². The molecule has 3 unspecified atom stereocenters. The van der Waals surface area contributed by atoms with Crippen molar-refractivity contribution in [2.75, 3.05) is 19.8 Å². The molecule has 1 aliphatic carbocycles. The van der Waals surface area contributed by atoms with Crippen molar-refractivity contribution in [3.8, 4) is 11.1 Å². The summed E-state index contributed by atoms with van der Waals surface area (Å²) in [4.78, 5) is 27.4. The van der Waals surface area contributed by atoms with E-state index in [9.17, 15) is 9.59 Å². The van der Waals surface area contributed by atoms with Crippen molar-refractivity contribution in [2.45, 2.75) is 24.5 Å². The number of amides is 1. The number of benzene rings is 3. The zero-order chi connectivity index (χ0) is 22.4. The summed E-state index contributed by atoms with van der Waals surface area (Å²) in [6, 6.07) is 26.1. The minimum absolute atomic E-state index is 0.00426. The quantitative estimate of drug-likeness (QED) is 0.603. The molecule has 5 heteroatoms. The molecular weight excluding hydrogens is 414 g/mol. The molecule has 5 nitrogen and oxygen atoms in total. The van der Waals surface area contributed by atoms with E-state index in [0.29, 0.717) is 6.54 Å². The van der Waals surface area contributed by atoms with E-state index in [1.165, 1.54) is 27.8 Å². The number of fused-ring (bicyclic) bond motifs is 4. The van der Waals surface area contributed by atoms with E-state index < -0.39 is 12.1 Å². The number of hydrogen-bond acceptors (Lipinski definition) is 4. The van der Waals surface area contributed by atoms with E-state index in [1.807, 2.05) is 42.5 Å². The molecule has 0 bridgehead atoms. The maximum atomic E-state index is 13.2. The topological polar surface area (TPSA) is 55.8 Å². The summed E-state index contributed by atoms with van der Waals surface area (Å²) in [6.07, 6.45) is 0.0714. The number of ketones is 1. The van der Waals surface area contributed by atoms with Crippen LogP contribution in [-0.2, 0) is 20.7 Å². The summed E-state index contributed by atoms with van der Waals surface area (Å²) in [6.45, 7) is 0.777. The fourth-order valence-corrected chi connectivity index (χ4v) is 5.72. The van der Waals surface area contributed by atoms with E-state index >= 15 is 0 Å². The maximum Gasteiger partial charge on any atom is 0.410 e. The van der Waals surface area contributed by atoms with Gasteiger partial charge in [-0.1, -0.05) is 78.9 Å². The number of likely N-dealkylation sites (tertiary alicyclic amines) is 1. The van der Waals surface area contributed by atoms with E-state index in [2.05, 4.69) is 36.4 Å². The van der Waals surface area contributed by atoms with Crippen LogP contribution in [0, 0.1) is 5.92 Å². The second kappa shape index (κ2) is 8.16. The zero-order valence-electron chi connectivity index (χ0n) is 18.2. The van der Waals surface area contributed by atoms with Crippen LogP contribution in [0.1, 0.15) is 22.6 Å². The van der Waals surface area contributed by atoms with Crippen molar-refractivity contribution >= 4 is 11.9 Å². The number of nitrogens with zero attached hydrogens (tertiary/aromatic N) is 1. The molecule has 2 aliphatic heterocycles. The molecule has 2 fully saturated rings. The van der Waals surface area contributed by atoms with Gasteiger partial charge in [0.15, 0.2) is 5.78 Å². The highest BCUT2D eigenvalue weighted by Crippen LogP contribution is 2.44. The van der Waals surface area contributed by atoms with Crippen molar-refractivity contribution in [1.82, 2.24) is 4.90 Å². The van der Waals surface area contributed by atoms with Crippen molar-refractivity contribution in [3.05, 3.63) is 95.6 Å². The van der Waals surface area contributed by atoms with Gasteiger partial charge in [0.1, 0.15) is 19.3 Å². The lowest BCUT2D eigenvalue weighted by molar-refractivity contribution is -0.121. The largest absolute Gasteiger partial charge is 0.448 e. The van der Waals surface area contributed by atoms with Crippen molar-refractivity contribution in [2.24, 2.45) is 5.92 Å². The van der Waals surface area contributed by atoms with Crippen LogP contribution >= 0.6 is 0 Å². The minimum atomic E-state index is -0.547. The zero-order valence-corrected chi connectivity index (χ0v) is 18.2. The highest BCUT2D eigenvalue weighted by atomic mass is 16.6. The second-order valence-electron chi connectivity index (χ2n) is 9.09. The highest BCUT2D eigenvalue weighted by Gasteiger charge is 2.52. The number of carbonyl (C=O) groups is 2. The van der Waals surface area contributed by atoms with Gasteiger partial charge in [0.2, 0.25) is 0 Å². The predicted octanol–water partition coefficient (Wildman–Crippen LogP) is 4.45. The lowest BCUT2D eigenvalue weighted by atomic mass is 9.94. The Balaban J connectivity index is 1.20. The van der Waals surface area contributed by atoms with Crippen LogP contribution in [0.3, 0.4) is 0 Å². The van der Waals surface area contributed by atoms with Gasteiger partial charge in [-0.05, 0) is 34.2 Å². The van der Waals surface area contributed by atoms with Gasteiger partial charge in [-0.15, -0.1) is 0 Å². The van der Waals surface area contributed by atoms with Gasteiger partial charge in [0, 0.05) is 18.4 Å². The summed E-state index contributed by atoms with van der Waals surface area (Å²) >= 11 is 0. The lowest BCUT2D eigenvalue weighted by Crippen LogP contribution is -2.42. The summed E-state index contributed by atoms with van der Waals surface area (Å²) in [5.41, 5.74) is 5.91. The third-order valence-electron chi connectivity index (χ3n) is 7.20. The first-order valence-electron chi connectivity index (χ1n) is 11.5. The molecule has 0 N–H and O–H groups in total. The van der Waals surface area contributed by atoms with E-state index in [-0.39, 0.29) is 36.9 Å². The van der Waals surface area contributed by atoms with Gasteiger partial charge in [-0.2, -0.15) is 0 Å². The standard InChI is InChI=1S/C28H25NO4/c30-25-17-32-27-19(14-18-8-2-1-3-9-18)15-29(26(25)27)28(31)33-16-24-22-12-6-4-10-20(22)21-11-5-7-13-23(21)24/h1-13,19,24,26-27H,14-17H2. The third kappa shape index (κ3) is 3.44.